The summed E-state index contributed by atoms with van der Waals surface area (Å²) in [5.74, 6) is -1.81. The molecular weight excluding hydrogens is 500 g/mol. The molecule has 0 saturated heterocycles. The quantitative estimate of drug-likeness (QED) is 0.201. The minimum Gasteiger partial charge on any atom is -0.493 e. The maximum absolute atomic E-state index is 12.9. The fourth-order valence-electron chi connectivity index (χ4n) is 2.71. The normalized spacial score (nSPS) is 10.6. The maximum atomic E-state index is 12.9. The lowest BCUT2D eigenvalue weighted by Crippen LogP contribution is -2.34. The number of rotatable bonds is 8. The number of hydrogen-bond acceptors (Lipinski definition) is 6. The topological polar surface area (TPSA) is 106 Å². The number of amides is 2. The zero-order valence-corrected chi connectivity index (χ0v) is 19.7. The van der Waals surface area contributed by atoms with E-state index < -0.39 is 23.6 Å². The molecule has 0 spiro atoms. The molecule has 3 aromatic carbocycles. The van der Waals surface area contributed by atoms with Crippen LogP contribution in [0.3, 0.4) is 0 Å². The molecule has 11 heteroatoms. The molecule has 180 valence electrons. The van der Waals surface area contributed by atoms with E-state index in [1.165, 1.54) is 49.7 Å². The third kappa shape index (κ3) is 7.26. The molecular formula is C24H18Cl2FN3O5. The van der Waals surface area contributed by atoms with Gasteiger partial charge in [0.2, 0.25) is 0 Å². The van der Waals surface area contributed by atoms with Crippen LogP contribution in [0.25, 0.3) is 0 Å². The van der Waals surface area contributed by atoms with Crippen LogP contribution in [-0.2, 0) is 4.79 Å². The Bertz CT molecular complexity index is 1280. The van der Waals surface area contributed by atoms with Crippen molar-refractivity contribution in [1.82, 2.24) is 10.7 Å². The number of hydrazone groups is 1. The molecule has 0 aliphatic heterocycles. The van der Waals surface area contributed by atoms with Gasteiger partial charge in [-0.15, -0.1) is 0 Å². The summed E-state index contributed by atoms with van der Waals surface area (Å²) in [4.78, 5) is 36.2. The third-order valence-corrected chi connectivity index (χ3v) is 5.20. The average Bonchev–Trinajstić information content (AvgIpc) is 2.85. The largest absolute Gasteiger partial charge is 0.493 e. The summed E-state index contributed by atoms with van der Waals surface area (Å²) in [5, 5.41) is 6.75. The van der Waals surface area contributed by atoms with Crippen molar-refractivity contribution in [2.75, 3.05) is 13.7 Å². The molecule has 0 heterocycles. The number of nitrogens with zero attached hydrogens (tertiary/aromatic N) is 1. The van der Waals surface area contributed by atoms with E-state index >= 15 is 0 Å². The minimum absolute atomic E-state index is 0.160. The molecule has 0 unspecified atom stereocenters. The highest BCUT2D eigenvalue weighted by Gasteiger charge is 2.14. The summed E-state index contributed by atoms with van der Waals surface area (Å²) < 4.78 is 23.5. The Labute approximate surface area is 209 Å². The number of ether oxygens (including phenoxy) is 2. The molecule has 0 aliphatic rings. The summed E-state index contributed by atoms with van der Waals surface area (Å²) in [6.07, 6.45) is 1.34. The first-order valence-corrected chi connectivity index (χ1v) is 10.7. The van der Waals surface area contributed by atoms with E-state index in [1.54, 1.807) is 12.1 Å². The van der Waals surface area contributed by atoms with Gasteiger partial charge in [-0.25, -0.2) is 14.6 Å². The first-order valence-electron chi connectivity index (χ1n) is 9.97. The Hall–Kier alpha value is -3.95. The number of carbonyl (C=O) groups excluding carboxylic acids is 3. The molecule has 3 aromatic rings. The third-order valence-electron chi connectivity index (χ3n) is 4.46. The summed E-state index contributed by atoms with van der Waals surface area (Å²) >= 11 is 11.8. The van der Waals surface area contributed by atoms with E-state index in [0.29, 0.717) is 10.6 Å². The lowest BCUT2D eigenvalue weighted by atomic mass is 10.2. The van der Waals surface area contributed by atoms with Gasteiger partial charge < -0.3 is 14.8 Å². The van der Waals surface area contributed by atoms with Crippen LogP contribution >= 0.6 is 23.2 Å². The summed E-state index contributed by atoms with van der Waals surface area (Å²) in [7, 11) is 1.40. The van der Waals surface area contributed by atoms with E-state index in [4.69, 9.17) is 32.7 Å². The molecule has 0 aliphatic carbocycles. The van der Waals surface area contributed by atoms with Crippen molar-refractivity contribution >= 4 is 47.2 Å². The number of benzene rings is 3. The van der Waals surface area contributed by atoms with Gasteiger partial charge in [0, 0.05) is 5.56 Å². The molecule has 3 rings (SSSR count). The molecule has 0 saturated carbocycles. The van der Waals surface area contributed by atoms with Crippen molar-refractivity contribution in [3.05, 3.63) is 93.2 Å². The molecule has 35 heavy (non-hydrogen) atoms. The molecule has 0 aromatic heterocycles. The van der Waals surface area contributed by atoms with Gasteiger partial charge in [-0.1, -0.05) is 23.2 Å². The maximum Gasteiger partial charge on any atom is 0.343 e. The standard InChI is InChI=1S/C24H18Cl2FN3O5/c1-34-21-10-14(2-9-20(21)35-24(33)16-5-8-18(25)19(26)11-16)12-29-30-22(31)13-28-23(32)15-3-6-17(27)7-4-15/h2-12H,13H2,1H3,(H,28,32)(H,30,31). The van der Waals surface area contributed by atoms with Crippen LogP contribution < -0.4 is 20.2 Å². The second-order valence-corrected chi connectivity index (χ2v) is 7.73. The van der Waals surface area contributed by atoms with E-state index in [9.17, 15) is 18.8 Å². The van der Waals surface area contributed by atoms with Gasteiger partial charge in [0.05, 0.1) is 35.5 Å². The first kappa shape index (κ1) is 25.7. The van der Waals surface area contributed by atoms with Crippen molar-refractivity contribution in [1.29, 1.82) is 0 Å². The van der Waals surface area contributed by atoms with Gasteiger partial charge in [0.15, 0.2) is 11.5 Å². The molecule has 2 N–H and O–H groups in total. The van der Waals surface area contributed by atoms with E-state index in [2.05, 4.69) is 15.8 Å². The number of methoxy groups -OCH3 is 1. The summed E-state index contributed by atoms with van der Waals surface area (Å²) in [5.41, 5.74) is 3.23. The molecule has 0 radical (unpaired) electrons. The van der Waals surface area contributed by atoms with Crippen molar-refractivity contribution in [3.63, 3.8) is 0 Å². The fraction of sp³-hybridized carbons (Fsp3) is 0.0833. The lowest BCUT2D eigenvalue weighted by molar-refractivity contribution is -0.120. The van der Waals surface area contributed by atoms with E-state index in [-0.39, 0.29) is 34.2 Å². The van der Waals surface area contributed by atoms with E-state index in [1.807, 2.05) is 0 Å². The second-order valence-electron chi connectivity index (χ2n) is 6.91. The highest BCUT2D eigenvalue weighted by Crippen LogP contribution is 2.29. The molecule has 0 bridgehead atoms. The molecule has 0 atom stereocenters. The van der Waals surface area contributed by atoms with Crippen LogP contribution in [0.2, 0.25) is 10.0 Å². The fourth-order valence-corrected chi connectivity index (χ4v) is 3.01. The number of halogens is 3. The smallest absolute Gasteiger partial charge is 0.343 e. The van der Waals surface area contributed by atoms with Gasteiger partial charge in [-0.2, -0.15) is 5.10 Å². The van der Waals surface area contributed by atoms with Gasteiger partial charge in [0.1, 0.15) is 5.82 Å². The van der Waals surface area contributed by atoms with Crippen LogP contribution in [0, 0.1) is 5.82 Å². The van der Waals surface area contributed by atoms with E-state index in [0.717, 1.165) is 12.1 Å². The van der Waals surface area contributed by atoms with Gasteiger partial charge in [-0.3, -0.25) is 9.59 Å². The van der Waals surface area contributed by atoms with Crippen LogP contribution in [0.15, 0.2) is 65.8 Å². The summed E-state index contributed by atoms with van der Waals surface area (Å²) in [6.45, 7) is -0.333. The number of carbonyl (C=O) groups is 3. The lowest BCUT2D eigenvalue weighted by Gasteiger charge is -2.10. The van der Waals surface area contributed by atoms with Crippen molar-refractivity contribution in [2.45, 2.75) is 0 Å². The molecule has 8 nitrogen and oxygen atoms in total. The SMILES string of the molecule is COc1cc(C=NNC(=O)CNC(=O)c2ccc(F)cc2)ccc1OC(=O)c1ccc(Cl)c(Cl)c1. The summed E-state index contributed by atoms with van der Waals surface area (Å²) in [6, 6.07) is 13.9. The highest BCUT2D eigenvalue weighted by molar-refractivity contribution is 6.42. The predicted molar refractivity (Wildman–Crippen MR) is 129 cm³/mol. The van der Waals surface area contributed by atoms with Crippen molar-refractivity contribution in [3.8, 4) is 11.5 Å². The van der Waals surface area contributed by atoms with Crippen molar-refractivity contribution < 1.29 is 28.2 Å². The Balaban J connectivity index is 1.55. The van der Waals surface area contributed by atoms with Gasteiger partial charge in [-0.05, 0) is 66.2 Å². The molecule has 0 fully saturated rings. The van der Waals surface area contributed by atoms with Crippen LogP contribution in [0.5, 0.6) is 11.5 Å². The number of nitrogens with one attached hydrogen (secondary N) is 2. The molecule has 2 amide bonds. The monoisotopic (exact) mass is 517 g/mol. The average molecular weight is 518 g/mol. The van der Waals surface area contributed by atoms with Gasteiger partial charge in [0.25, 0.3) is 11.8 Å². The predicted octanol–water partition coefficient (Wildman–Crippen LogP) is 4.24. The highest BCUT2D eigenvalue weighted by atomic mass is 35.5. The minimum atomic E-state index is -0.654. The number of esters is 1. The number of hydrogen-bond donors (Lipinski definition) is 2. The van der Waals surface area contributed by atoms with Crippen molar-refractivity contribution in [2.24, 2.45) is 5.10 Å². The Morgan fingerprint density at radius 1 is 0.943 bits per heavy atom. The zero-order chi connectivity index (χ0) is 25.4. The first-order chi connectivity index (χ1) is 16.8. The van der Waals surface area contributed by atoms with Crippen LogP contribution in [-0.4, -0.2) is 37.7 Å². The van der Waals surface area contributed by atoms with Crippen LogP contribution in [0.4, 0.5) is 4.39 Å². The Morgan fingerprint density at radius 3 is 2.34 bits per heavy atom. The Kier molecular flexibility index (Phi) is 8.77. The Morgan fingerprint density at radius 2 is 1.66 bits per heavy atom. The van der Waals surface area contributed by atoms with Crippen LogP contribution in [0.1, 0.15) is 26.3 Å². The van der Waals surface area contributed by atoms with Gasteiger partial charge >= 0.3 is 5.97 Å². The second kappa shape index (κ2) is 12.0. The zero-order valence-electron chi connectivity index (χ0n) is 18.2.